The van der Waals surface area contributed by atoms with Crippen LogP contribution in [-0.2, 0) is 28.8 Å². The fourth-order valence-corrected chi connectivity index (χ4v) is 7.16. The second kappa shape index (κ2) is 21.5. The summed E-state index contributed by atoms with van der Waals surface area (Å²) in [5.41, 5.74) is 0. The highest BCUT2D eigenvalue weighted by Crippen LogP contribution is 2.40. The molecule has 0 saturated heterocycles. The van der Waals surface area contributed by atoms with E-state index in [1.54, 1.807) is 0 Å². The highest BCUT2D eigenvalue weighted by molar-refractivity contribution is 5.79. The van der Waals surface area contributed by atoms with Gasteiger partial charge >= 0.3 is 0 Å². The molecular weight excluding hydrogens is 616 g/mol. The summed E-state index contributed by atoms with van der Waals surface area (Å²) < 4.78 is 0. The summed E-state index contributed by atoms with van der Waals surface area (Å²) in [4.78, 5) is 73.6. The first-order valence-electron chi connectivity index (χ1n) is 16.8. The Morgan fingerprint density at radius 3 is 1.34 bits per heavy atom. The molecule has 0 aromatic rings. The molecule has 1 atom stereocenters. The molecule has 0 aromatic heterocycles. The minimum Gasteiger partial charge on any atom is -0.549 e. The predicted octanol–water partition coefficient (Wildman–Crippen LogP) is -4.93. The van der Waals surface area contributed by atoms with Crippen LogP contribution in [0, 0.1) is 17.8 Å². The van der Waals surface area contributed by atoms with Crippen LogP contribution in [0.3, 0.4) is 0 Å². The number of nitrogens with one attached hydrogen (secondary N) is 1. The summed E-state index contributed by atoms with van der Waals surface area (Å²) in [6.45, 7) is -3.51. The van der Waals surface area contributed by atoms with E-state index in [9.17, 15) is 54.3 Å². The molecule has 2 aliphatic carbocycles. The first kappa shape index (κ1) is 39.9. The number of carbonyl (C=O) groups excluding carboxylic acids is 6. The van der Waals surface area contributed by atoms with Crippen molar-refractivity contribution in [2.24, 2.45) is 17.8 Å². The molecule has 15 nitrogen and oxygen atoms in total. The van der Waals surface area contributed by atoms with Crippen molar-refractivity contribution in [2.75, 3.05) is 58.9 Å². The van der Waals surface area contributed by atoms with Gasteiger partial charge in [0.05, 0.1) is 29.8 Å². The molecule has 1 amide bonds. The zero-order valence-electron chi connectivity index (χ0n) is 27.2. The molecule has 0 aromatic carbocycles. The molecule has 15 heteroatoms. The Bertz CT molecular complexity index is 941. The Labute approximate surface area is 276 Å². The summed E-state index contributed by atoms with van der Waals surface area (Å²) in [6.07, 6.45) is 12.1. The third-order valence-corrected chi connectivity index (χ3v) is 9.35. The van der Waals surface area contributed by atoms with Gasteiger partial charge in [0.1, 0.15) is 0 Å². The number of carboxylic acid groups (broad SMARTS) is 5. The summed E-state index contributed by atoms with van der Waals surface area (Å²) in [7, 11) is 0. The first-order chi connectivity index (χ1) is 22.4. The van der Waals surface area contributed by atoms with E-state index >= 15 is 0 Å². The van der Waals surface area contributed by atoms with E-state index in [1.807, 2.05) is 0 Å². The normalized spacial score (nSPS) is 16.9. The summed E-state index contributed by atoms with van der Waals surface area (Å²) >= 11 is 0. The minimum absolute atomic E-state index is 0.0167. The fraction of sp³-hybridized carbons (Fsp3) is 0.812. The zero-order valence-corrected chi connectivity index (χ0v) is 27.2. The van der Waals surface area contributed by atoms with Crippen molar-refractivity contribution in [3.63, 3.8) is 0 Å². The Hall–Kier alpha value is -3.30. The van der Waals surface area contributed by atoms with Gasteiger partial charge in [0.15, 0.2) is 0 Å². The van der Waals surface area contributed by atoms with E-state index < -0.39 is 62.1 Å². The average Bonchev–Trinajstić information content (AvgIpc) is 2.99. The molecule has 2 fully saturated rings. The van der Waals surface area contributed by atoms with Crippen molar-refractivity contribution in [3.8, 4) is 0 Å². The number of hydrogen-bond donors (Lipinski definition) is 1. The molecule has 2 aliphatic rings. The van der Waals surface area contributed by atoms with Gasteiger partial charge in [-0.05, 0) is 56.8 Å². The Kier molecular flexibility index (Phi) is 18.3. The number of unbranched alkanes of at least 4 members (excludes halogenated alkanes) is 1. The monoisotopic (exact) mass is 665 g/mol. The van der Waals surface area contributed by atoms with Crippen LogP contribution in [-0.4, -0.2) is 115 Å². The second-order valence-electron chi connectivity index (χ2n) is 12.9. The maximum Gasteiger partial charge on any atom is 0.223 e. The van der Waals surface area contributed by atoms with E-state index in [2.05, 4.69) is 5.32 Å². The van der Waals surface area contributed by atoms with Gasteiger partial charge in [0, 0.05) is 70.9 Å². The lowest BCUT2D eigenvalue weighted by atomic mass is 9.69. The van der Waals surface area contributed by atoms with Gasteiger partial charge < -0.3 is 54.8 Å². The molecule has 0 aliphatic heterocycles. The topological polar surface area (TPSA) is 239 Å². The highest BCUT2D eigenvalue weighted by Gasteiger charge is 2.36. The van der Waals surface area contributed by atoms with E-state index in [0.29, 0.717) is 31.2 Å². The van der Waals surface area contributed by atoms with Crippen molar-refractivity contribution < 1.29 is 54.3 Å². The molecule has 0 radical (unpaired) electrons. The van der Waals surface area contributed by atoms with Crippen molar-refractivity contribution in [1.29, 1.82) is 0 Å². The van der Waals surface area contributed by atoms with Crippen LogP contribution in [0.4, 0.5) is 0 Å². The third-order valence-electron chi connectivity index (χ3n) is 9.35. The van der Waals surface area contributed by atoms with Gasteiger partial charge in [-0.25, -0.2) is 0 Å². The van der Waals surface area contributed by atoms with Crippen LogP contribution in [0.15, 0.2) is 0 Å². The van der Waals surface area contributed by atoms with Gasteiger partial charge in [-0.1, -0.05) is 38.5 Å². The number of nitrogens with zero attached hydrogens (tertiary/aromatic N) is 3. The maximum atomic E-state index is 13.4. The van der Waals surface area contributed by atoms with Gasteiger partial charge in [-0.3, -0.25) is 19.5 Å². The average molecular weight is 666 g/mol. The van der Waals surface area contributed by atoms with Crippen LogP contribution >= 0.6 is 0 Å². The number of hydrogen-bond acceptors (Lipinski definition) is 14. The lowest BCUT2D eigenvalue weighted by molar-refractivity contribution is -0.314. The number of amides is 1. The van der Waals surface area contributed by atoms with Gasteiger partial charge in [-0.2, -0.15) is 0 Å². The number of carboxylic acids is 5. The molecule has 0 spiro atoms. The summed E-state index contributed by atoms with van der Waals surface area (Å²) in [5, 5.41) is 59.9. The lowest BCUT2D eigenvalue weighted by Gasteiger charge is -2.37. The second-order valence-corrected chi connectivity index (χ2v) is 12.9. The standard InChI is InChI=1S/C32H54N4O11/c37-26(38)19-34(20-27(39)40)15-17-36(18-16-35(21-28(41)42)22-29(43)44)25(32(46)47)13-7-8-14-33-31(45)30(23-9-3-1-4-10-23)24-11-5-2-6-12-24/h23-25,30H,1-22H2,(H,33,45)(H,37,38)(H,39,40)(H,41,42)(H,43,44)(H,46,47)/p-5. The molecule has 1 N–H and O–H groups in total. The minimum atomic E-state index is -1.56. The van der Waals surface area contributed by atoms with Crippen LogP contribution in [0.1, 0.15) is 83.5 Å². The molecule has 1 unspecified atom stereocenters. The van der Waals surface area contributed by atoms with Crippen LogP contribution in [0.2, 0.25) is 0 Å². The largest absolute Gasteiger partial charge is 0.549 e. The molecule has 0 bridgehead atoms. The molecular formula is C32H49N4O11-5. The van der Waals surface area contributed by atoms with Gasteiger partial charge in [-0.15, -0.1) is 0 Å². The highest BCUT2D eigenvalue weighted by atomic mass is 16.4. The number of rotatable bonds is 24. The zero-order chi connectivity index (χ0) is 34.8. The van der Waals surface area contributed by atoms with Crippen molar-refractivity contribution in [1.82, 2.24) is 20.0 Å². The number of carbonyl (C=O) groups is 6. The van der Waals surface area contributed by atoms with E-state index in [4.69, 9.17) is 0 Å². The summed E-state index contributed by atoms with van der Waals surface area (Å²) in [6, 6.07) is -1.26. The smallest absolute Gasteiger partial charge is 0.223 e. The Balaban J connectivity index is 2.05. The van der Waals surface area contributed by atoms with Crippen LogP contribution < -0.4 is 30.8 Å². The lowest BCUT2D eigenvalue weighted by Crippen LogP contribution is -2.54. The molecule has 0 heterocycles. The molecule has 2 rings (SSSR count). The Morgan fingerprint density at radius 1 is 0.574 bits per heavy atom. The third kappa shape index (κ3) is 15.9. The molecule has 268 valence electrons. The van der Waals surface area contributed by atoms with Gasteiger partial charge in [0.2, 0.25) is 5.91 Å². The molecule has 47 heavy (non-hydrogen) atoms. The first-order valence-corrected chi connectivity index (χ1v) is 16.8. The predicted molar refractivity (Wildman–Crippen MR) is 157 cm³/mol. The van der Waals surface area contributed by atoms with Crippen molar-refractivity contribution in [2.45, 2.75) is 89.5 Å². The van der Waals surface area contributed by atoms with Crippen LogP contribution in [0.25, 0.3) is 0 Å². The molecule has 2 saturated carbocycles. The Morgan fingerprint density at radius 2 is 0.979 bits per heavy atom. The SMILES string of the molecule is O=C([O-])CN(CCN(CCN(CC(=O)[O-])CC(=O)[O-])C(CCCCNC(=O)C(C1CCCCC1)C1CCCCC1)C(=O)[O-])CC(=O)[O-]. The van der Waals surface area contributed by atoms with Crippen LogP contribution in [0.5, 0.6) is 0 Å². The van der Waals surface area contributed by atoms with E-state index in [-0.39, 0.29) is 44.4 Å². The quantitative estimate of drug-likeness (QED) is 0.0951. The summed E-state index contributed by atoms with van der Waals surface area (Å²) in [5.74, 6) is -6.89. The van der Waals surface area contributed by atoms with Gasteiger partial charge in [0.25, 0.3) is 0 Å². The fourth-order valence-electron chi connectivity index (χ4n) is 7.16. The van der Waals surface area contributed by atoms with E-state index in [1.165, 1.54) is 17.7 Å². The van der Waals surface area contributed by atoms with Crippen molar-refractivity contribution >= 4 is 35.8 Å². The van der Waals surface area contributed by atoms with E-state index in [0.717, 1.165) is 61.2 Å². The number of aliphatic carboxylic acids is 5. The maximum absolute atomic E-state index is 13.4. The van der Waals surface area contributed by atoms with Crippen molar-refractivity contribution in [3.05, 3.63) is 0 Å².